The van der Waals surface area contributed by atoms with Gasteiger partial charge in [0.05, 0.1) is 18.7 Å². The molecule has 2 aromatic rings. The lowest BCUT2D eigenvalue weighted by Gasteiger charge is -2.55. The summed E-state index contributed by atoms with van der Waals surface area (Å²) >= 11 is 0. The van der Waals surface area contributed by atoms with Gasteiger partial charge in [0.2, 0.25) is 11.8 Å². The second-order valence-electron chi connectivity index (χ2n) is 7.66. The van der Waals surface area contributed by atoms with Crippen molar-refractivity contribution in [2.75, 3.05) is 13.2 Å². The number of nitrogens with one attached hydrogen (secondary N) is 1. The fourth-order valence-corrected chi connectivity index (χ4v) is 4.17. The first-order chi connectivity index (χ1) is 13.6. The van der Waals surface area contributed by atoms with E-state index in [2.05, 4.69) is 22.4 Å². The fourth-order valence-electron chi connectivity index (χ4n) is 4.17. The first-order valence-corrected chi connectivity index (χ1v) is 9.78. The van der Waals surface area contributed by atoms with Crippen LogP contribution >= 0.6 is 0 Å². The number of hydrogen-bond donors (Lipinski definition) is 2. The molecule has 0 radical (unpaired) electrons. The van der Waals surface area contributed by atoms with Crippen LogP contribution in [0.1, 0.15) is 31.2 Å². The number of carbonyl (C=O) groups is 2. The Bertz CT molecular complexity index is 849. The lowest BCUT2D eigenvalue weighted by molar-refractivity contribution is -0.152. The number of amides is 2. The van der Waals surface area contributed by atoms with Crippen LogP contribution in [0.5, 0.6) is 0 Å². The second kappa shape index (κ2) is 7.72. The molecule has 6 nitrogen and oxygen atoms in total. The molecule has 1 aliphatic heterocycles. The van der Waals surface area contributed by atoms with Crippen LogP contribution in [0.2, 0.25) is 0 Å². The third-order valence-corrected chi connectivity index (χ3v) is 5.76. The van der Waals surface area contributed by atoms with Crippen molar-refractivity contribution in [1.82, 2.24) is 15.2 Å². The maximum Gasteiger partial charge on any atom is 0.226 e. The minimum atomic E-state index is -0.240. The van der Waals surface area contributed by atoms with Gasteiger partial charge in [-0.1, -0.05) is 30.3 Å². The maximum absolute atomic E-state index is 12.7. The molecule has 1 aromatic carbocycles. The molecule has 1 aliphatic carbocycles. The fraction of sp³-hybridized carbons (Fsp3) is 0.409. The molecule has 0 spiro atoms. The van der Waals surface area contributed by atoms with Gasteiger partial charge in [0.25, 0.3) is 0 Å². The number of carbonyl (C=O) groups excluding carboxylic acids is 2. The van der Waals surface area contributed by atoms with E-state index >= 15 is 0 Å². The molecule has 2 fully saturated rings. The summed E-state index contributed by atoms with van der Waals surface area (Å²) in [6.45, 7) is 1.80. The number of likely N-dealkylation sites (tertiary alicyclic amines) is 1. The minimum absolute atomic E-state index is 0.00231. The summed E-state index contributed by atoms with van der Waals surface area (Å²) in [5.74, 6) is 0.0832. The molecule has 28 heavy (non-hydrogen) atoms. The van der Waals surface area contributed by atoms with Crippen LogP contribution in [0.4, 0.5) is 0 Å². The van der Waals surface area contributed by atoms with E-state index in [0.29, 0.717) is 6.54 Å². The SMILES string of the molecule is CC(=O)NC[C@H]1[C@H](c2ccc(-c3cccnc3)cc2)[C@H](CO)N1C(=O)C1CC1. The Balaban J connectivity index is 1.58. The van der Waals surface area contributed by atoms with Crippen LogP contribution in [0.15, 0.2) is 48.8 Å². The highest BCUT2D eigenvalue weighted by Gasteiger charge is 2.53. The molecule has 0 bridgehead atoms. The van der Waals surface area contributed by atoms with Crippen LogP contribution in [-0.2, 0) is 9.59 Å². The third kappa shape index (κ3) is 3.52. The van der Waals surface area contributed by atoms with Gasteiger partial charge in [0, 0.05) is 37.7 Å². The second-order valence-corrected chi connectivity index (χ2v) is 7.66. The quantitative estimate of drug-likeness (QED) is 0.804. The largest absolute Gasteiger partial charge is 0.394 e. The van der Waals surface area contributed by atoms with Crippen molar-refractivity contribution in [2.45, 2.75) is 37.8 Å². The van der Waals surface area contributed by atoms with E-state index in [1.54, 1.807) is 11.1 Å². The molecular formula is C22H25N3O3. The zero-order valence-corrected chi connectivity index (χ0v) is 15.9. The first-order valence-electron chi connectivity index (χ1n) is 9.78. The predicted molar refractivity (Wildman–Crippen MR) is 105 cm³/mol. The van der Waals surface area contributed by atoms with E-state index < -0.39 is 0 Å². The normalized spacial score (nSPS) is 23.8. The highest BCUT2D eigenvalue weighted by atomic mass is 16.3. The molecule has 6 heteroatoms. The van der Waals surface area contributed by atoms with Crippen molar-refractivity contribution < 1.29 is 14.7 Å². The van der Waals surface area contributed by atoms with Gasteiger partial charge in [-0.3, -0.25) is 14.6 Å². The van der Waals surface area contributed by atoms with Crippen molar-refractivity contribution in [2.24, 2.45) is 5.92 Å². The average Bonchev–Trinajstić information content (AvgIpc) is 3.54. The van der Waals surface area contributed by atoms with Gasteiger partial charge in [-0.05, 0) is 35.6 Å². The van der Waals surface area contributed by atoms with E-state index in [-0.39, 0.29) is 42.3 Å². The van der Waals surface area contributed by atoms with Gasteiger partial charge in [-0.25, -0.2) is 0 Å². The molecule has 2 N–H and O–H groups in total. The number of benzene rings is 1. The van der Waals surface area contributed by atoms with Crippen molar-refractivity contribution >= 4 is 11.8 Å². The number of aliphatic hydroxyl groups excluding tert-OH is 1. The van der Waals surface area contributed by atoms with Gasteiger partial charge in [-0.15, -0.1) is 0 Å². The highest BCUT2D eigenvalue weighted by molar-refractivity contribution is 5.83. The summed E-state index contributed by atoms with van der Waals surface area (Å²) in [7, 11) is 0. The van der Waals surface area contributed by atoms with Gasteiger partial charge in [0.15, 0.2) is 0 Å². The third-order valence-electron chi connectivity index (χ3n) is 5.76. The summed E-state index contributed by atoms with van der Waals surface area (Å²) in [6.07, 6.45) is 5.41. The molecule has 1 aromatic heterocycles. The smallest absolute Gasteiger partial charge is 0.226 e. The molecular weight excluding hydrogens is 354 g/mol. The standard InChI is InChI=1S/C22H25N3O3/c1-14(27)24-12-19-21(20(13-26)25(19)22(28)17-8-9-17)16-6-4-15(5-7-16)18-3-2-10-23-11-18/h2-7,10-11,17,19-21,26H,8-9,12-13H2,1H3,(H,24,27)/t19-,20-,21-/m0/s1. The average molecular weight is 379 g/mol. The molecule has 2 heterocycles. The van der Waals surface area contributed by atoms with Gasteiger partial charge < -0.3 is 15.3 Å². The van der Waals surface area contributed by atoms with Crippen molar-refractivity contribution in [1.29, 1.82) is 0 Å². The summed E-state index contributed by atoms with van der Waals surface area (Å²) in [5, 5.41) is 12.8. The molecule has 1 saturated heterocycles. The van der Waals surface area contributed by atoms with Crippen LogP contribution in [0.3, 0.4) is 0 Å². The first kappa shape index (κ1) is 18.6. The summed E-state index contributed by atoms with van der Waals surface area (Å²) in [5.41, 5.74) is 3.18. The number of hydrogen-bond acceptors (Lipinski definition) is 4. The molecule has 0 unspecified atom stereocenters. The van der Waals surface area contributed by atoms with E-state index in [9.17, 15) is 14.7 Å². The van der Waals surface area contributed by atoms with Crippen LogP contribution in [0.25, 0.3) is 11.1 Å². The zero-order chi connectivity index (χ0) is 19.7. The van der Waals surface area contributed by atoms with E-state index in [1.165, 1.54) is 6.92 Å². The Morgan fingerprint density at radius 1 is 1.14 bits per heavy atom. The molecule has 3 atom stereocenters. The van der Waals surface area contributed by atoms with Gasteiger partial charge in [0.1, 0.15) is 0 Å². The molecule has 1 saturated carbocycles. The topological polar surface area (TPSA) is 82.5 Å². The number of aliphatic hydroxyl groups is 1. The lowest BCUT2D eigenvalue weighted by atomic mass is 9.74. The molecule has 2 aliphatic rings. The van der Waals surface area contributed by atoms with E-state index in [0.717, 1.165) is 29.5 Å². The number of nitrogens with zero attached hydrogens (tertiary/aromatic N) is 2. The Labute approximate surface area is 164 Å². The van der Waals surface area contributed by atoms with E-state index in [4.69, 9.17) is 0 Å². The van der Waals surface area contributed by atoms with Crippen LogP contribution < -0.4 is 5.32 Å². The summed E-state index contributed by atoms with van der Waals surface area (Å²) in [6, 6.07) is 11.7. The summed E-state index contributed by atoms with van der Waals surface area (Å²) in [4.78, 5) is 30.1. The van der Waals surface area contributed by atoms with Crippen LogP contribution in [-0.4, -0.2) is 52.0 Å². The number of rotatable bonds is 6. The Hall–Kier alpha value is -2.73. The van der Waals surface area contributed by atoms with Gasteiger partial charge >= 0.3 is 0 Å². The Morgan fingerprint density at radius 3 is 2.46 bits per heavy atom. The van der Waals surface area contributed by atoms with Crippen molar-refractivity contribution in [3.63, 3.8) is 0 Å². The minimum Gasteiger partial charge on any atom is -0.394 e. The highest BCUT2D eigenvalue weighted by Crippen LogP contribution is 2.44. The zero-order valence-electron chi connectivity index (χ0n) is 15.9. The predicted octanol–water partition coefficient (Wildman–Crippen LogP) is 1.95. The van der Waals surface area contributed by atoms with Crippen molar-refractivity contribution in [3.05, 3.63) is 54.4 Å². The van der Waals surface area contributed by atoms with Gasteiger partial charge in [-0.2, -0.15) is 0 Å². The Kier molecular flexibility index (Phi) is 5.13. The summed E-state index contributed by atoms with van der Waals surface area (Å²) < 4.78 is 0. The number of aromatic nitrogens is 1. The van der Waals surface area contributed by atoms with Crippen molar-refractivity contribution in [3.8, 4) is 11.1 Å². The molecule has 4 rings (SSSR count). The number of pyridine rings is 1. The lowest BCUT2D eigenvalue weighted by Crippen LogP contribution is -2.68. The Morgan fingerprint density at radius 2 is 1.89 bits per heavy atom. The molecule has 2 amide bonds. The van der Waals surface area contributed by atoms with Crippen LogP contribution in [0, 0.1) is 5.92 Å². The monoisotopic (exact) mass is 379 g/mol. The molecule has 146 valence electrons. The maximum atomic E-state index is 12.7. The van der Waals surface area contributed by atoms with E-state index in [1.807, 2.05) is 30.5 Å².